The SMILES string of the molecule is C=C(C)C(=O)OC1=CC(c2ccc(-c3ccc(-c4ccc(OC(=O)C(=C)C)c(OC(=O)C(=C)C)c4)cc3)cc2F)=CC(OC(=O)C(=C)C)C1. The van der Waals surface area contributed by atoms with E-state index >= 15 is 4.39 Å². The number of hydrogen-bond donors (Lipinski definition) is 0. The van der Waals surface area contributed by atoms with Crippen LogP contribution in [0.1, 0.15) is 39.7 Å². The van der Waals surface area contributed by atoms with Gasteiger partial charge in [-0.05, 0) is 85.9 Å². The first-order chi connectivity index (χ1) is 23.1. The van der Waals surface area contributed by atoms with E-state index in [4.69, 9.17) is 18.9 Å². The summed E-state index contributed by atoms with van der Waals surface area (Å²) in [7, 11) is 0. The fourth-order valence-corrected chi connectivity index (χ4v) is 4.51. The van der Waals surface area contributed by atoms with E-state index in [2.05, 4.69) is 26.3 Å². The monoisotopic (exact) mass is 662 g/mol. The summed E-state index contributed by atoms with van der Waals surface area (Å²) >= 11 is 0. The zero-order valence-corrected chi connectivity index (χ0v) is 27.7. The number of carbonyl (C=O) groups excluding carboxylic acids is 4. The normalized spacial score (nSPS) is 13.6. The molecule has 49 heavy (non-hydrogen) atoms. The Labute approximate surface area is 284 Å². The largest absolute Gasteiger partial charge is 0.454 e. The van der Waals surface area contributed by atoms with Crippen LogP contribution in [0.5, 0.6) is 11.5 Å². The van der Waals surface area contributed by atoms with Gasteiger partial charge in [0.1, 0.15) is 17.7 Å². The molecule has 4 rings (SSSR count). The van der Waals surface area contributed by atoms with E-state index in [1.807, 2.05) is 12.1 Å². The van der Waals surface area contributed by atoms with E-state index in [1.54, 1.807) is 42.5 Å². The molecule has 0 aromatic heterocycles. The van der Waals surface area contributed by atoms with E-state index in [-0.39, 0.29) is 51.5 Å². The van der Waals surface area contributed by atoms with Crippen LogP contribution < -0.4 is 9.47 Å². The van der Waals surface area contributed by atoms with Crippen molar-refractivity contribution in [1.29, 1.82) is 0 Å². The molecule has 250 valence electrons. The van der Waals surface area contributed by atoms with Gasteiger partial charge in [0.15, 0.2) is 11.5 Å². The third kappa shape index (κ3) is 9.04. The van der Waals surface area contributed by atoms with Gasteiger partial charge in [0, 0.05) is 34.3 Å². The number of carbonyl (C=O) groups is 4. The van der Waals surface area contributed by atoms with Gasteiger partial charge in [0.05, 0.1) is 0 Å². The Hall–Kier alpha value is -6.09. The summed E-state index contributed by atoms with van der Waals surface area (Å²) in [6.07, 6.45) is 2.39. The van der Waals surface area contributed by atoms with Crippen molar-refractivity contribution in [3.63, 3.8) is 0 Å². The van der Waals surface area contributed by atoms with Crippen molar-refractivity contribution < 1.29 is 42.5 Å². The van der Waals surface area contributed by atoms with Gasteiger partial charge in [-0.3, -0.25) is 0 Å². The summed E-state index contributed by atoms with van der Waals surface area (Å²) in [6.45, 7) is 20.4. The summed E-state index contributed by atoms with van der Waals surface area (Å²) in [5.41, 5.74) is 4.01. The van der Waals surface area contributed by atoms with Crippen LogP contribution in [0.15, 0.2) is 127 Å². The zero-order chi connectivity index (χ0) is 36.0. The first-order valence-corrected chi connectivity index (χ1v) is 15.1. The van der Waals surface area contributed by atoms with Crippen molar-refractivity contribution in [2.75, 3.05) is 0 Å². The van der Waals surface area contributed by atoms with E-state index in [9.17, 15) is 19.2 Å². The molecule has 1 aliphatic rings. The van der Waals surface area contributed by atoms with Crippen LogP contribution in [-0.4, -0.2) is 30.0 Å². The predicted molar refractivity (Wildman–Crippen MR) is 184 cm³/mol. The van der Waals surface area contributed by atoms with E-state index in [0.717, 1.165) is 5.56 Å². The second-order valence-corrected chi connectivity index (χ2v) is 11.6. The van der Waals surface area contributed by atoms with Gasteiger partial charge in [-0.2, -0.15) is 0 Å². The average molecular weight is 663 g/mol. The number of rotatable bonds is 11. The minimum Gasteiger partial charge on any atom is -0.454 e. The van der Waals surface area contributed by atoms with Crippen molar-refractivity contribution >= 4 is 29.5 Å². The van der Waals surface area contributed by atoms with Crippen LogP contribution in [0.3, 0.4) is 0 Å². The van der Waals surface area contributed by atoms with Gasteiger partial charge in [-0.25, -0.2) is 23.6 Å². The fraction of sp³-hybridized carbons (Fsp3) is 0.150. The lowest BCUT2D eigenvalue weighted by atomic mass is 9.94. The Morgan fingerprint density at radius 3 is 1.61 bits per heavy atom. The fourth-order valence-electron chi connectivity index (χ4n) is 4.51. The Bertz CT molecular complexity index is 1980. The first-order valence-electron chi connectivity index (χ1n) is 15.1. The molecule has 0 bridgehead atoms. The maximum atomic E-state index is 15.7. The molecular formula is C40H35FO8. The lowest BCUT2D eigenvalue weighted by molar-refractivity contribution is -0.142. The number of allylic oxidation sites excluding steroid dienone is 2. The molecule has 0 amide bonds. The highest BCUT2D eigenvalue weighted by Crippen LogP contribution is 2.36. The molecule has 0 saturated heterocycles. The van der Waals surface area contributed by atoms with Gasteiger partial charge in [-0.1, -0.05) is 68.8 Å². The lowest BCUT2D eigenvalue weighted by Gasteiger charge is -2.22. The molecule has 9 heteroatoms. The third-order valence-corrected chi connectivity index (χ3v) is 7.14. The van der Waals surface area contributed by atoms with Gasteiger partial charge in [0.25, 0.3) is 0 Å². The van der Waals surface area contributed by atoms with Crippen molar-refractivity contribution in [2.45, 2.75) is 40.2 Å². The second-order valence-electron chi connectivity index (χ2n) is 11.6. The number of ether oxygens (including phenoxy) is 4. The van der Waals surface area contributed by atoms with E-state index in [0.29, 0.717) is 22.3 Å². The Balaban J connectivity index is 1.62. The highest BCUT2D eigenvalue weighted by atomic mass is 19.1. The van der Waals surface area contributed by atoms with Crippen LogP contribution in [-0.2, 0) is 28.7 Å². The molecule has 0 radical (unpaired) electrons. The molecule has 1 aliphatic carbocycles. The molecule has 1 unspecified atom stereocenters. The number of hydrogen-bond acceptors (Lipinski definition) is 8. The highest BCUT2D eigenvalue weighted by molar-refractivity contribution is 5.92. The minimum atomic E-state index is -0.819. The summed E-state index contributed by atoms with van der Waals surface area (Å²) in [5, 5.41) is 0. The standard InChI is InChI=1S/C40H35FO8/c1-22(2)37(42)46-31-17-30(18-32(21-31)47-38(43)23(3)4)33-15-13-28(19-34(33)41)26-9-11-27(12-10-26)29-14-16-35(48-39(44)24(5)6)36(20-29)49-40(45)25(7)8/h9-20,31H,1,3,5,7,21H2,2,4,6,8H3. The van der Waals surface area contributed by atoms with Crippen LogP contribution in [0.25, 0.3) is 27.8 Å². The number of halogens is 1. The molecule has 0 fully saturated rings. The quantitative estimate of drug-likeness (QED) is 0.115. The number of esters is 4. The molecule has 0 N–H and O–H groups in total. The highest BCUT2D eigenvalue weighted by Gasteiger charge is 2.24. The maximum Gasteiger partial charge on any atom is 0.338 e. The smallest absolute Gasteiger partial charge is 0.338 e. The van der Waals surface area contributed by atoms with Crippen molar-refractivity contribution in [1.82, 2.24) is 0 Å². The topological polar surface area (TPSA) is 105 Å². The summed E-state index contributed by atoms with van der Waals surface area (Å²) in [4.78, 5) is 48.9. The van der Waals surface area contributed by atoms with Crippen molar-refractivity contribution in [3.8, 4) is 33.8 Å². The Morgan fingerprint density at radius 1 is 0.612 bits per heavy atom. The van der Waals surface area contributed by atoms with Crippen molar-refractivity contribution in [3.05, 3.63) is 139 Å². The van der Waals surface area contributed by atoms with Crippen molar-refractivity contribution in [2.24, 2.45) is 0 Å². The summed E-state index contributed by atoms with van der Waals surface area (Å²) < 4.78 is 37.4. The molecule has 8 nitrogen and oxygen atoms in total. The van der Waals surface area contributed by atoms with Crippen LogP contribution >= 0.6 is 0 Å². The lowest BCUT2D eigenvalue weighted by Crippen LogP contribution is -2.21. The van der Waals surface area contributed by atoms with Crippen LogP contribution in [0.2, 0.25) is 0 Å². The van der Waals surface area contributed by atoms with Gasteiger partial charge in [-0.15, -0.1) is 0 Å². The zero-order valence-electron chi connectivity index (χ0n) is 27.7. The summed E-state index contributed by atoms with van der Waals surface area (Å²) in [5.74, 6) is -2.91. The molecule has 0 heterocycles. The predicted octanol–water partition coefficient (Wildman–Crippen LogP) is 8.40. The Kier molecular flexibility index (Phi) is 11.1. The van der Waals surface area contributed by atoms with E-state index in [1.165, 1.54) is 45.9 Å². The van der Waals surface area contributed by atoms with Gasteiger partial charge in [0.2, 0.25) is 0 Å². The third-order valence-electron chi connectivity index (χ3n) is 7.14. The Morgan fingerprint density at radius 2 is 1.08 bits per heavy atom. The maximum absolute atomic E-state index is 15.7. The molecule has 0 spiro atoms. The molecule has 3 aromatic rings. The second kappa shape index (κ2) is 15.2. The molecule has 1 atom stereocenters. The van der Waals surface area contributed by atoms with Crippen LogP contribution in [0, 0.1) is 5.82 Å². The molecular weight excluding hydrogens is 627 g/mol. The number of benzene rings is 3. The van der Waals surface area contributed by atoms with Gasteiger partial charge >= 0.3 is 23.9 Å². The molecule has 0 aliphatic heterocycles. The van der Waals surface area contributed by atoms with Crippen LogP contribution in [0.4, 0.5) is 4.39 Å². The minimum absolute atomic E-state index is 0.0297. The first kappa shape index (κ1) is 35.8. The molecule has 3 aromatic carbocycles. The van der Waals surface area contributed by atoms with Gasteiger partial charge < -0.3 is 18.9 Å². The molecule has 0 saturated carbocycles. The average Bonchev–Trinajstić information content (AvgIpc) is 3.05. The van der Waals surface area contributed by atoms with E-state index < -0.39 is 35.8 Å². The summed E-state index contributed by atoms with van der Waals surface area (Å²) in [6, 6.07) is 16.7.